The standard InChI is InChI=1S/C13H24N4O5S/c1-3-7(2)11(17-9(18)4-14)13(22)16-8(6-23)12(21)15-5-10(19)20/h7-8,11,23H,3-6,14H2,1-2H3,(H,15,21)(H,16,22)(H,17,18)(H,19,20). The molecule has 6 N–H and O–H groups in total. The number of carbonyl (C=O) groups is 4. The number of amides is 3. The van der Waals surface area contributed by atoms with Gasteiger partial charge in [0.1, 0.15) is 18.6 Å². The van der Waals surface area contributed by atoms with Crippen molar-refractivity contribution >= 4 is 36.3 Å². The van der Waals surface area contributed by atoms with Crippen molar-refractivity contribution in [1.29, 1.82) is 0 Å². The number of carboxylic acids is 1. The van der Waals surface area contributed by atoms with Crippen LogP contribution in [0.25, 0.3) is 0 Å². The summed E-state index contributed by atoms with van der Waals surface area (Å²) < 4.78 is 0. The average molecular weight is 348 g/mol. The molecule has 0 aliphatic rings. The Morgan fingerprint density at radius 2 is 1.78 bits per heavy atom. The summed E-state index contributed by atoms with van der Waals surface area (Å²) in [7, 11) is 0. The highest BCUT2D eigenvalue weighted by molar-refractivity contribution is 7.80. The fraction of sp³-hybridized carbons (Fsp3) is 0.692. The normalized spacial score (nSPS) is 14.3. The fourth-order valence-electron chi connectivity index (χ4n) is 1.68. The van der Waals surface area contributed by atoms with Gasteiger partial charge in [-0.3, -0.25) is 19.2 Å². The molecule has 0 aliphatic heterocycles. The quantitative estimate of drug-likeness (QED) is 0.254. The summed E-state index contributed by atoms with van der Waals surface area (Å²) in [5.74, 6) is -3.09. The van der Waals surface area contributed by atoms with Crippen LogP contribution in [0.4, 0.5) is 0 Å². The maximum absolute atomic E-state index is 12.3. The zero-order valence-corrected chi connectivity index (χ0v) is 14.1. The van der Waals surface area contributed by atoms with Crippen LogP contribution in [0, 0.1) is 5.92 Å². The van der Waals surface area contributed by atoms with Gasteiger partial charge in [0.2, 0.25) is 17.7 Å². The van der Waals surface area contributed by atoms with Crippen molar-refractivity contribution in [3.63, 3.8) is 0 Å². The lowest BCUT2D eigenvalue weighted by Crippen LogP contribution is -2.57. The maximum atomic E-state index is 12.3. The molecule has 0 aromatic rings. The monoisotopic (exact) mass is 348 g/mol. The Balaban J connectivity index is 4.87. The molecule has 0 heterocycles. The lowest BCUT2D eigenvalue weighted by Gasteiger charge is -2.25. The van der Waals surface area contributed by atoms with E-state index < -0.39 is 42.3 Å². The summed E-state index contributed by atoms with van der Waals surface area (Å²) in [5.41, 5.74) is 5.23. The third-order valence-electron chi connectivity index (χ3n) is 3.23. The van der Waals surface area contributed by atoms with Crippen LogP contribution in [-0.2, 0) is 19.2 Å². The highest BCUT2D eigenvalue weighted by Gasteiger charge is 2.29. The first-order chi connectivity index (χ1) is 10.8. The minimum Gasteiger partial charge on any atom is -0.480 e. The van der Waals surface area contributed by atoms with Crippen LogP contribution < -0.4 is 21.7 Å². The Kier molecular flexibility index (Phi) is 9.99. The van der Waals surface area contributed by atoms with Crippen LogP contribution in [0.2, 0.25) is 0 Å². The molecule has 3 amide bonds. The predicted octanol–water partition coefficient (Wildman–Crippen LogP) is -1.91. The van der Waals surface area contributed by atoms with Gasteiger partial charge in [0, 0.05) is 5.75 Å². The minimum atomic E-state index is -1.20. The summed E-state index contributed by atoms with van der Waals surface area (Å²) >= 11 is 3.98. The SMILES string of the molecule is CCC(C)C(NC(=O)CN)C(=O)NC(CS)C(=O)NCC(=O)O. The molecule has 0 aliphatic carbocycles. The number of carbonyl (C=O) groups excluding carboxylic acids is 3. The van der Waals surface area contributed by atoms with Crippen LogP contribution in [0.1, 0.15) is 20.3 Å². The number of thiol groups is 1. The Hall–Kier alpha value is -1.81. The van der Waals surface area contributed by atoms with E-state index in [1.807, 2.05) is 6.92 Å². The Morgan fingerprint density at radius 1 is 1.17 bits per heavy atom. The number of hydrogen-bond donors (Lipinski definition) is 6. The molecule has 0 aromatic carbocycles. The Labute approximate surface area is 140 Å². The number of nitrogens with two attached hydrogens (primary N) is 1. The zero-order chi connectivity index (χ0) is 18.0. The number of nitrogens with one attached hydrogen (secondary N) is 3. The summed E-state index contributed by atoms with van der Waals surface area (Å²) in [6, 6.07) is -1.85. The fourth-order valence-corrected chi connectivity index (χ4v) is 1.93. The number of carboxylic acid groups (broad SMARTS) is 1. The Bertz CT molecular complexity index is 446. The molecule has 0 spiro atoms. The van der Waals surface area contributed by atoms with E-state index >= 15 is 0 Å². The molecule has 23 heavy (non-hydrogen) atoms. The summed E-state index contributed by atoms with van der Waals surface area (Å²) in [5, 5.41) is 15.7. The molecule has 0 saturated carbocycles. The van der Waals surface area contributed by atoms with Gasteiger partial charge in [-0.05, 0) is 5.92 Å². The van der Waals surface area contributed by atoms with Crippen molar-refractivity contribution in [3.05, 3.63) is 0 Å². The van der Waals surface area contributed by atoms with Crippen molar-refractivity contribution in [3.8, 4) is 0 Å². The van der Waals surface area contributed by atoms with Gasteiger partial charge in [0.15, 0.2) is 0 Å². The highest BCUT2D eigenvalue weighted by atomic mass is 32.1. The number of hydrogen-bond acceptors (Lipinski definition) is 6. The smallest absolute Gasteiger partial charge is 0.322 e. The van der Waals surface area contributed by atoms with E-state index in [-0.39, 0.29) is 18.2 Å². The molecule has 3 unspecified atom stereocenters. The van der Waals surface area contributed by atoms with Crippen LogP contribution >= 0.6 is 12.6 Å². The lowest BCUT2D eigenvalue weighted by molar-refractivity contribution is -0.138. The number of aliphatic carboxylic acids is 1. The van der Waals surface area contributed by atoms with E-state index in [1.54, 1.807) is 6.92 Å². The van der Waals surface area contributed by atoms with Gasteiger partial charge in [0.05, 0.1) is 6.54 Å². The summed E-state index contributed by atoms with van der Waals surface area (Å²) in [6.07, 6.45) is 0.625. The predicted molar refractivity (Wildman–Crippen MR) is 86.9 cm³/mol. The topological polar surface area (TPSA) is 151 Å². The van der Waals surface area contributed by atoms with E-state index in [4.69, 9.17) is 10.8 Å². The molecule has 3 atom stereocenters. The molecule has 10 heteroatoms. The molecule has 0 bridgehead atoms. The third-order valence-corrected chi connectivity index (χ3v) is 3.59. The van der Waals surface area contributed by atoms with Gasteiger partial charge < -0.3 is 26.8 Å². The average Bonchev–Trinajstić information content (AvgIpc) is 2.53. The molecule has 9 nitrogen and oxygen atoms in total. The molecule has 0 aromatic heterocycles. The van der Waals surface area contributed by atoms with Crippen LogP contribution in [-0.4, -0.2) is 59.7 Å². The third kappa shape index (κ3) is 7.84. The van der Waals surface area contributed by atoms with E-state index in [9.17, 15) is 19.2 Å². The van der Waals surface area contributed by atoms with Gasteiger partial charge >= 0.3 is 5.97 Å². The van der Waals surface area contributed by atoms with E-state index in [2.05, 4.69) is 28.6 Å². The first kappa shape index (κ1) is 21.2. The lowest BCUT2D eigenvalue weighted by atomic mass is 9.98. The summed E-state index contributed by atoms with van der Waals surface area (Å²) in [6.45, 7) is 2.82. The second-order valence-corrected chi connectivity index (χ2v) is 5.36. The minimum absolute atomic E-state index is 0.0186. The van der Waals surface area contributed by atoms with Gasteiger partial charge in [-0.1, -0.05) is 20.3 Å². The number of rotatable bonds is 10. The van der Waals surface area contributed by atoms with Crippen LogP contribution in [0.3, 0.4) is 0 Å². The molecule has 0 rings (SSSR count). The first-order valence-electron chi connectivity index (χ1n) is 7.16. The van der Waals surface area contributed by atoms with Crippen LogP contribution in [0.5, 0.6) is 0 Å². The highest BCUT2D eigenvalue weighted by Crippen LogP contribution is 2.08. The van der Waals surface area contributed by atoms with Crippen molar-refractivity contribution in [2.45, 2.75) is 32.4 Å². The maximum Gasteiger partial charge on any atom is 0.322 e. The van der Waals surface area contributed by atoms with E-state index in [0.717, 1.165) is 0 Å². The second kappa shape index (κ2) is 10.8. The zero-order valence-electron chi connectivity index (χ0n) is 13.2. The largest absolute Gasteiger partial charge is 0.480 e. The van der Waals surface area contributed by atoms with Crippen molar-refractivity contribution in [2.24, 2.45) is 11.7 Å². The molecular weight excluding hydrogens is 324 g/mol. The molecule has 0 saturated heterocycles. The first-order valence-corrected chi connectivity index (χ1v) is 7.80. The molecule has 132 valence electrons. The second-order valence-electron chi connectivity index (χ2n) is 4.99. The molecular formula is C13H24N4O5S. The van der Waals surface area contributed by atoms with Crippen molar-refractivity contribution in [1.82, 2.24) is 16.0 Å². The van der Waals surface area contributed by atoms with Gasteiger partial charge in [-0.2, -0.15) is 12.6 Å². The van der Waals surface area contributed by atoms with Crippen molar-refractivity contribution in [2.75, 3.05) is 18.8 Å². The van der Waals surface area contributed by atoms with Crippen LogP contribution in [0.15, 0.2) is 0 Å². The van der Waals surface area contributed by atoms with E-state index in [1.165, 1.54) is 0 Å². The van der Waals surface area contributed by atoms with Gasteiger partial charge in [-0.15, -0.1) is 0 Å². The van der Waals surface area contributed by atoms with Gasteiger partial charge in [-0.25, -0.2) is 0 Å². The van der Waals surface area contributed by atoms with Gasteiger partial charge in [0.25, 0.3) is 0 Å². The molecule has 0 fully saturated rings. The summed E-state index contributed by atoms with van der Waals surface area (Å²) in [4.78, 5) is 46.0. The Morgan fingerprint density at radius 3 is 2.22 bits per heavy atom. The van der Waals surface area contributed by atoms with E-state index in [0.29, 0.717) is 6.42 Å². The van der Waals surface area contributed by atoms with Crippen molar-refractivity contribution < 1.29 is 24.3 Å². The molecule has 0 radical (unpaired) electrons.